The van der Waals surface area contributed by atoms with Crippen LogP contribution in [0.15, 0.2) is 5.16 Å². The Bertz CT molecular complexity index is 456. The third-order valence-corrected chi connectivity index (χ3v) is 3.57. The highest BCUT2D eigenvalue weighted by molar-refractivity contribution is 6.36. The summed E-state index contributed by atoms with van der Waals surface area (Å²) < 4.78 is 0. The number of carbonyl (C=O) groups is 3. The molecule has 8 nitrogen and oxygen atoms in total. The number of hydrogen-bond donors (Lipinski definition) is 2. The second-order valence-electron chi connectivity index (χ2n) is 5.01. The number of carbonyl (C=O) groups excluding carboxylic acids is 2. The van der Waals surface area contributed by atoms with Crippen molar-refractivity contribution in [2.24, 2.45) is 10.9 Å². The number of oxime groups is 1. The molecular formula is C12H17N3O5. The highest BCUT2D eigenvalue weighted by atomic mass is 16.6. The number of rotatable bonds is 5. The second-order valence-corrected chi connectivity index (χ2v) is 5.01. The Balaban J connectivity index is 2.03. The molecule has 1 fully saturated rings. The average molecular weight is 283 g/mol. The highest BCUT2D eigenvalue weighted by Gasteiger charge is 2.38. The van der Waals surface area contributed by atoms with Gasteiger partial charge in [0, 0.05) is 12.5 Å². The molecular weight excluding hydrogens is 266 g/mol. The third kappa shape index (κ3) is 3.06. The molecule has 0 bridgehead atoms. The van der Waals surface area contributed by atoms with Gasteiger partial charge >= 0.3 is 5.97 Å². The number of primary amides is 1. The fourth-order valence-corrected chi connectivity index (χ4v) is 2.59. The summed E-state index contributed by atoms with van der Waals surface area (Å²) in [5, 5.41) is 12.2. The van der Waals surface area contributed by atoms with Crippen molar-refractivity contribution in [2.75, 3.05) is 6.54 Å². The fraction of sp³-hybridized carbons (Fsp3) is 0.667. The van der Waals surface area contributed by atoms with E-state index in [1.54, 1.807) is 0 Å². The van der Waals surface area contributed by atoms with Crippen LogP contribution in [0.4, 0.5) is 0 Å². The molecule has 20 heavy (non-hydrogen) atoms. The third-order valence-electron chi connectivity index (χ3n) is 3.57. The van der Waals surface area contributed by atoms with E-state index in [1.807, 2.05) is 0 Å². The summed E-state index contributed by atoms with van der Waals surface area (Å²) in [6.45, 7) is -0.175. The molecule has 0 saturated heterocycles. The molecule has 0 aromatic rings. The predicted octanol–water partition coefficient (Wildman–Crippen LogP) is -0.528. The molecule has 3 N–H and O–H groups in total. The van der Waals surface area contributed by atoms with E-state index in [1.165, 1.54) is 4.90 Å². The van der Waals surface area contributed by atoms with Crippen LogP contribution in [-0.4, -0.2) is 52.2 Å². The van der Waals surface area contributed by atoms with Gasteiger partial charge in [0.2, 0.25) is 12.0 Å². The average Bonchev–Trinajstić information content (AvgIpc) is 3.05. The quantitative estimate of drug-likeness (QED) is 0.702. The minimum absolute atomic E-state index is 0.0347. The van der Waals surface area contributed by atoms with Crippen LogP contribution >= 0.6 is 0 Å². The Kier molecular flexibility index (Phi) is 4.21. The van der Waals surface area contributed by atoms with E-state index >= 15 is 0 Å². The molecule has 1 saturated carbocycles. The Morgan fingerprint density at radius 1 is 1.35 bits per heavy atom. The van der Waals surface area contributed by atoms with E-state index in [0.29, 0.717) is 0 Å². The van der Waals surface area contributed by atoms with Gasteiger partial charge in [-0.15, -0.1) is 0 Å². The van der Waals surface area contributed by atoms with Gasteiger partial charge in [-0.2, -0.15) is 0 Å². The summed E-state index contributed by atoms with van der Waals surface area (Å²) in [5.74, 6) is -2.22. The molecule has 1 unspecified atom stereocenters. The normalized spacial score (nSPS) is 22.2. The van der Waals surface area contributed by atoms with Gasteiger partial charge in [0.1, 0.15) is 0 Å². The first-order valence-electron chi connectivity index (χ1n) is 6.54. The van der Waals surface area contributed by atoms with Crippen LogP contribution in [0.3, 0.4) is 0 Å². The van der Waals surface area contributed by atoms with E-state index in [2.05, 4.69) is 5.16 Å². The Labute approximate surface area is 115 Å². The molecule has 110 valence electrons. The zero-order valence-corrected chi connectivity index (χ0v) is 10.9. The number of hydrogen-bond acceptors (Lipinski definition) is 5. The molecule has 0 aromatic heterocycles. The van der Waals surface area contributed by atoms with Gasteiger partial charge in [0.15, 0.2) is 5.71 Å². The van der Waals surface area contributed by atoms with E-state index in [0.717, 1.165) is 25.7 Å². The minimum Gasteiger partial charge on any atom is -0.477 e. The number of amides is 2. The van der Waals surface area contributed by atoms with Crippen molar-refractivity contribution in [1.29, 1.82) is 0 Å². The number of carboxylic acids is 1. The van der Waals surface area contributed by atoms with Gasteiger partial charge in [0.05, 0.1) is 6.54 Å². The summed E-state index contributed by atoms with van der Waals surface area (Å²) in [5.41, 5.74) is 4.99. The maximum absolute atomic E-state index is 12.4. The van der Waals surface area contributed by atoms with Gasteiger partial charge in [-0.3, -0.25) is 9.59 Å². The minimum atomic E-state index is -1.21. The molecule has 0 spiro atoms. The second kappa shape index (κ2) is 5.89. The first-order chi connectivity index (χ1) is 9.49. The number of aliphatic carboxylic acids is 1. The Morgan fingerprint density at radius 2 is 2.00 bits per heavy atom. The number of nitrogens with zero attached hydrogens (tertiary/aromatic N) is 2. The molecule has 2 rings (SSSR count). The first kappa shape index (κ1) is 14.3. The maximum Gasteiger partial charge on any atom is 0.353 e. The lowest BCUT2D eigenvalue weighted by molar-refractivity contribution is -0.146. The van der Waals surface area contributed by atoms with Crippen molar-refractivity contribution < 1.29 is 24.3 Å². The molecule has 2 aliphatic rings. The molecule has 1 atom stereocenters. The van der Waals surface area contributed by atoms with Crippen LogP contribution in [-0.2, 0) is 19.2 Å². The summed E-state index contributed by atoms with van der Waals surface area (Å²) in [7, 11) is 0. The molecule has 0 radical (unpaired) electrons. The van der Waals surface area contributed by atoms with Crippen molar-refractivity contribution in [3.8, 4) is 0 Å². The van der Waals surface area contributed by atoms with Gasteiger partial charge < -0.3 is 20.6 Å². The molecule has 2 amide bonds. The molecule has 1 aliphatic carbocycles. The van der Waals surface area contributed by atoms with Crippen LogP contribution in [0.25, 0.3) is 0 Å². The van der Waals surface area contributed by atoms with Crippen LogP contribution in [0.5, 0.6) is 0 Å². The van der Waals surface area contributed by atoms with Crippen molar-refractivity contribution in [2.45, 2.75) is 44.2 Å². The topological polar surface area (TPSA) is 122 Å². The molecule has 1 heterocycles. The Hall–Kier alpha value is -2.12. The van der Waals surface area contributed by atoms with Gasteiger partial charge in [-0.1, -0.05) is 18.0 Å². The molecule has 1 aliphatic heterocycles. The highest BCUT2D eigenvalue weighted by Crippen LogP contribution is 2.25. The smallest absolute Gasteiger partial charge is 0.353 e. The standard InChI is InChI=1S/C12H17N3O5/c13-10(16)6-15(7-3-1-2-4-7)11(17)9-5-8(12(18)19)14-20-9/h7,9H,1-6H2,(H2,13,16)(H,18,19). The largest absolute Gasteiger partial charge is 0.477 e. The fourth-order valence-electron chi connectivity index (χ4n) is 2.59. The summed E-state index contributed by atoms with van der Waals surface area (Å²) in [6.07, 6.45) is 2.57. The lowest BCUT2D eigenvalue weighted by Crippen LogP contribution is -2.48. The summed E-state index contributed by atoms with van der Waals surface area (Å²) >= 11 is 0. The summed E-state index contributed by atoms with van der Waals surface area (Å²) in [4.78, 5) is 40.5. The molecule has 0 aromatic carbocycles. The Morgan fingerprint density at radius 3 is 2.50 bits per heavy atom. The van der Waals surface area contributed by atoms with E-state index in [4.69, 9.17) is 15.7 Å². The van der Waals surface area contributed by atoms with Crippen molar-refractivity contribution in [1.82, 2.24) is 4.90 Å². The summed E-state index contributed by atoms with van der Waals surface area (Å²) in [6, 6.07) is -0.0347. The van der Waals surface area contributed by atoms with Crippen LogP contribution in [0.2, 0.25) is 0 Å². The predicted molar refractivity (Wildman–Crippen MR) is 67.7 cm³/mol. The zero-order valence-electron chi connectivity index (χ0n) is 10.9. The van der Waals surface area contributed by atoms with Crippen molar-refractivity contribution in [3.05, 3.63) is 0 Å². The van der Waals surface area contributed by atoms with Gasteiger partial charge in [0.25, 0.3) is 5.91 Å². The lowest BCUT2D eigenvalue weighted by atomic mass is 10.1. The van der Waals surface area contributed by atoms with E-state index in [9.17, 15) is 14.4 Å². The molecule has 8 heteroatoms. The first-order valence-corrected chi connectivity index (χ1v) is 6.54. The van der Waals surface area contributed by atoms with E-state index in [-0.39, 0.29) is 24.7 Å². The number of carboxylic acid groups (broad SMARTS) is 1. The van der Waals surface area contributed by atoms with Gasteiger partial charge in [-0.05, 0) is 12.8 Å². The van der Waals surface area contributed by atoms with Crippen LogP contribution in [0.1, 0.15) is 32.1 Å². The van der Waals surface area contributed by atoms with Crippen LogP contribution in [0, 0.1) is 0 Å². The zero-order chi connectivity index (χ0) is 14.7. The number of nitrogens with two attached hydrogens (primary N) is 1. The van der Waals surface area contributed by atoms with Crippen LogP contribution < -0.4 is 5.73 Å². The monoisotopic (exact) mass is 283 g/mol. The lowest BCUT2D eigenvalue weighted by Gasteiger charge is -2.29. The van der Waals surface area contributed by atoms with Crippen molar-refractivity contribution in [3.63, 3.8) is 0 Å². The maximum atomic E-state index is 12.4. The van der Waals surface area contributed by atoms with Gasteiger partial charge in [-0.25, -0.2) is 4.79 Å². The van der Waals surface area contributed by atoms with Crippen molar-refractivity contribution >= 4 is 23.5 Å². The van der Waals surface area contributed by atoms with E-state index < -0.39 is 23.9 Å². The SMILES string of the molecule is NC(=O)CN(C(=O)C1CC(C(=O)O)=NO1)C1CCCC1.